The standard InChI is InChI=1S/C15H11FINO/c16-12-6-2-4-10-8-13(19-15(10)12)14(18)9-3-1-5-11(17)7-9/h1-8,14H,18H2. The second kappa shape index (κ2) is 4.94. The minimum atomic E-state index is -0.387. The van der Waals surface area contributed by atoms with Gasteiger partial charge in [0.15, 0.2) is 11.4 Å². The first-order valence-corrected chi connectivity index (χ1v) is 6.92. The molecule has 0 aliphatic heterocycles. The molecule has 2 aromatic carbocycles. The third-order valence-electron chi connectivity index (χ3n) is 3.03. The lowest BCUT2D eigenvalue weighted by Crippen LogP contribution is -2.10. The van der Waals surface area contributed by atoms with E-state index in [1.807, 2.05) is 30.3 Å². The minimum Gasteiger partial charge on any atom is -0.456 e. The van der Waals surface area contributed by atoms with E-state index in [9.17, 15) is 4.39 Å². The first-order valence-electron chi connectivity index (χ1n) is 5.84. The molecule has 2 N–H and O–H groups in total. The molecule has 3 aromatic rings. The number of hydrogen-bond donors (Lipinski definition) is 1. The quantitative estimate of drug-likeness (QED) is 0.689. The largest absolute Gasteiger partial charge is 0.456 e. The second-order valence-corrected chi connectivity index (χ2v) is 5.59. The van der Waals surface area contributed by atoms with Crippen molar-refractivity contribution in [3.8, 4) is 0 Å². The Balaban J connectivity index is 2.06. The first-order chi connectivity index (χ1) is 9.15. The zero-order chi connectivity index (χ0) is 13.4. The van der Waals surface area contributed by atoms with Crippen LogP contribution in [0.2, 0.25) is 0 Å². The van der Waals surface area contributed by atoms with Crippen LogP contribution in [0.15, 0.2) is 52.9 Å². The highest BCUT2D eigenvalue weighted by Gasteiger charge is 2.15. The minimum absolute atomic E-state index is 0.263. The molecule has 0 aliphatic rings. The summed E-state index contributed by atoms with van der Waals surface area (Å²) < 4.78 is 20.3. The highest BCUT2D eigenvalue weighted by atomic mass is 127. The van der Waals surface area contributed by atoms with Gasteiger partial charge in [-0.1, -0.05) is 24.3 Å². The molecule has 0 spiro atoms. The third-order valence-corrected chi connectivity index (χ3v) is 3.70. The van der Waals surface area contributed by atoms with Gasteiger partial charge in [-0.05, 0) is 52.4 Å². The lowest BCUT2D eigenvalue weighted by atomic mass is 10.1. The van der Waals surface area contributed by atoms with Crippen molar-refractivity contribution in [3.63, 3.8) is 0 Å². The van der Waals surface area contributed by atoms with E-state index < -0.39 is 0 Å². The Morgan fingerprint density at radius 2 is 1.89 bits per heavy atom. The number of fused-ring (bicyclic) bond motifs is 1. The zero-order valence-electron chi connectivity index (χ0n) is 9.94. The van der Waals surface area contributed by atoms with Crippen LogP contribution < -0.4 is 5.73 Å². The lowest BCUT2D eigenvalue weighted by molar-refractivity contribution is 0.502. The van der Waals surface area contributed by atoms with Gasteiger partial charge in [-0.15, -0.1) is 0 Å². The summed E-state index contributed by atoms with van der Waals surface area (Å²) in [5.74, 6) is 0.209. The predicted octanol–water partition coefficient (Wildman–Crippen LogP) is 4.22. The molecule has 4 heteroatoms. The molecular weight excluding hydrogens is 356 g/mol. The van der Waals surface area contributed by atoms with Gasteiger partial charge in [0.05, 0.1) is 6.04 Å². The molecular formula is C15H11FINO. The van der Waals surface area contributed by atoms with Crippen molar-refractivity contribution >= 4 is 33.6 Å². The maximum Gasteiger partial charge on any atom is 0.169 e. The summed E-state index contributed by atoms with van der Waals surface area (Å²) in [7, 11) is 0. The van der Waals surface area contributed by atoms with Crippen LogP contribution in [0.25, 0.3) is 11.0 Å². The van der Waals surface area contributed by atoms with E-state index in [2.05, 4.69) is 22.6 Å². The number of halogens is 2. The van der Waals surface area contributed by atoms with Crippen LogP contribution in [0.3, 0.4) is 0 Å². The normalized spacial score (nSPS) is 12.8. The van der Waals surface area contributed by atoms with Gasteiger partial charge < -0.3 is 10.2 Å². The van der Waals surface area contributed by atoms with Gasteiger partial charge in [0.25, 0.3) is 0 Å². The number of hydrogen-bond acceptors (Lipinski definition) is 2. The number of rotatable bonds is 2. The van der Waals surface area contributed by atoms with Crippen LogP contribution >= 0.6 is 22.6 Å². The Morgan fingerprint density at radius 1 is 1.11 bits per heavy atom. The van der Waals surface area contributed by atoms with Gasteiger partial charge in [0.2, 0.25) is 0 Å². The van der Waals surface area contributed by atoms with Crippen LogP contribution in [0, 0.1) is 9.39 Å². The molecule has 0 aliphatic carbocycles. The Kier molecular flexibility index (Phi) is 3.28. The smallest absolute Gasteiger partial charge is 0.169 e. The van der Waals surface area contributed by atoms with Crippen molar-refractivity contribution in [1.29, 1.82) is 0 Å². The molecule has 1 unspecified atom stereocenters. The van der Waals surface area contributed by atoms with Crippen molar-refractivity contribution in [1.82, 2.24) is 0 Å². The van der Waals surface area contributed by atoms with Crippen LogP contribution in [0.4, 0.5) is 4.39 Å². The number of para-hydroxylation sites is 1. The first kappa shape index (κ1) is 12.6. The lowest BCUT2D eigenvalue weighted by Gasteiger charge is -2.09. The highest BCUT2D eigenvalue weighted by Crippen LogP contribution is 2.28. The van der Waals surface area contributed by atoms with Gasteiger partial charge in [0, 0.05) is 8.96 Å². The maximum atomic E-state index is 13.6. The van der Waals surface area contributed by atoms with Gasteiger partial charge >= 0.3 is 0 Å². The maximum absolute atomic E-state index is 13.6. The number of benzene rings is 2. The van der Waals surface area contributed by atoms with Gasteiger partial charge in [-0.2, -0.15) is 0 Å². The van der Waals surface area contributed by atoms with Crippen molar-refractivity contribution in [3.05, 3.63) is 69.2 Å². The highest BCUT2D eigenvalue weighted by molar-refractivity contribution is 14.1. The van der Waals surface area contributed by atoms with E-state index in [1.54, 1.807) is 12.1 Å². The zero-order valence-corrected chi connectivity index (χ0v) is 12.1. The molecule has 96 valence electrons. The van der Waals surface area contributed by atoms with Gasteiger partial charge in [0.1, 0.15) is 5.76 Å². The topological polar surface area (TPSA) is 39.2 Å². The van der Waals surface area contributed by atoms with E-state index >= 15 is 0 Å². The van der Waals surface area contributed by atoms with E-state index in [0.717, 1.165) is 14.5 Å². The van der Waals surface area contributed by atoms with Crippen molar-refractivity contribution < 1.29 is 8.81 Å². The molecule has 0 bridgehead atoms. The molecule has 3 rings (SSSR count). The fraction of sp³-hybridized carbons (Fsp3) is 0.0667. The molecule has 19 heavy (non-hydrogen) atoms. The molecule has 0 radical (unpaired) electrons. The summed E-state index contributed by atoms with van der Waals surface area (Å²) in [6.07, 6.45) is 0. The fourth-order valence-corrected chi connectivity index (χ4v) is 2.63. The Bertz CT molecular complexity index is 738. The summed E-state index contributed by atoms with van der Waals surface area (Å²) in [6, 6.07) is 14.1. The average Bonchev–Trinajstić information content (AvgIpc) is 2.83. The second-order valence-electron chi connectivity index (χ2n) is 4.34. The average molecular weight is 367 g/mol. The SMILES string of the molecule is NC(c1cccc(I)c1)c1cc2cccc(F)c2o1. The molecule has 2 nitrogen and oxygen atoms in total. The number of nitrogens with two attached hydrogens (primary N) is 1. The van der Waals surface area contributed by atoms with Crippen LogP contribution in [-0.2, 0) is 0 Å². The summed E-state index contributed by atoms with van der Waals surface area (Å²) in [6.45, 7) is 0. The van der Waals surface area contributed by atoms with E-state index in [-0.39, 0.29) is 17.4 Å². The molecule has 0 saturated carbocycles. The van der Waals surface area contributed by atoms with Crippen molar-refractivity contribution in [2.75, 3.05) is 0 Å². The fourth-order valence-electron chi connectivity index (χ4n) is 2.07. The Labute approximate surface area is 123 Å². The molecule has 0 fully saturated rings. The van der Waals surface area contributed by atoms with E-state index in [4.69, 9.17) is 10.2 Å². The monoisotopic (exact) mass is 367 g/mol. The number of furan rings is 1. The van der Waals surface area contributed by atoms with Gasteiger partial charge in [-0.25, -0.2) is 4.39 Å². The molecule has 0 amide bonds. The molecule has 1 heterocycles. The van der Waals surface area contributed by atoms with Crippen molar-refractivity contribution in [2.24, 2.45) is 5.73 Å². The molecule has 1 aromatic heterocycles. The summed E-state index contributed by atoms with van der Waals surface area (Å²) in [4.78, 5) is 0. The molecule has 1 atom stereocenters. The summed E-state index contributed by atoms with van der Waals surface area (Å²) in [5.41, 5.74) is 7.39. The Hall–Kier alpha value is -1.40. The summed E-state index contributed by atoms with van der Waals surface area (Å²) in [5, 5.41) is 0.732. The third kappa shape index (κ3) is 2.37. The van der Waals surface area contributed by atoms with Crippen LogP contribution in [-0.4, -0.2) is 0 Å². The van der Waals surface area contributed by atoms with Crippen molar-refractivity contribution in [2.45, 2.75) is 6.04 Å². The van der Waals surface area contributed by atoms with Crippen LogP contribution in [0.5, 0.6) is 0 Å². The predicted molar refractivity (Wildman–Crippen MR) is 81.4 cm³/mol. The van der Waals surface area contributed by atoms with E-state index in [1.165, 1.54) is 6.07 Å². The summed E-state index contributed by atoms with van der Waals surface area (Å²) >= 11 is 2.23. The Morgan fingerprint density at radius 3 is 2.63 bits per heavy atom. The molecule has 0 saturated heterocycles. The van der Waals surface area contributed by atoms with Gasteiger partial charge in [-0.3, -0.25) is 0 Å². The van der Waals surface area contributed by atoms with E-state index in [0.29, 0.717) is 5.76 Å². The van der Waals surface area contributed by atoms with Crippen LogP contribution in [0.1, 0.15) is 17.4 Å².